The molecule has 25 heavy (non-hydrogen) atoms. The number of nitrogens with two attached hydrogens (primary N) is 1. The predicted molar refractivity (Wildman–Crippen MR) is 98.6 cm³/mol. The van der Waals surface area contributed by atoms with Crippen LogP contribution in [-0.4, -0.2) is 28.4 Å². The van der Waals surface area contributed by atoms with Gasteiger partial charge < -0.3 is 20.6 Å². The number of fused-ring (bicyclic) bond motifs is 1. The van der Waals surface area contributed by atoms with Crippen molar-refractivity contribution >= 4 is 34.0 Å². The van der Waals surface area contributed by atoms with Gasteiger partial charge in [-0.05, 0) is 50.2 Å². The van der Waals surface area contributed by atoms with Crippen LogP contribution >= 0.6 is 0 Å². The minimum atomic E-state index is -0.389. The quantitative estimate of drug-likeness (QED) is 0.383. The molecule has 6 nitrogen and oxygen atoms in total. The van der Waals surface area contributed by atoms with Gasteiger partial charge in [0.05, 0.1) is 29.1 Å². The average Bonchev–Trinajstić information content (AvgIpc) is 2.90. The van der Waals surface area contributed by atoms with Crippen molar-refractivity contribution in [3.05, 3.63) is 53.6 Å². The fraction of sp³-hybridized carbons (Fsp3) is 0.158. The Morgan fingerprint density at radius 3 is 2.84 bits per heavy atom. The van der Waals surface area contributed by atoms with Gasteiger partial charge in [0.25, 0.3) is 0 Å². The number of rotatable bonds is 4. The summed E-state index contributed by atoms with van der Waals surface area (Å²) in [5.41, 5.74) is 9.45. The zero-order valence-corrected chi connectivity index (χ0v) is 14.0. The number of esters is 1. The van der Waals surface area contributed by atoms with Crippen molar-refractivity contribution in [3.63, 3.8) is 0 Å². The highest BCUT2D eigenvalue weighted by atomic mass is 16.5. The van der Waals surface area contributed by atoms with E-state index >= 15 is 0 Å². The lowest BCUT2D eigenvalue weighted by Crippen LogP contribution is -2.04. The Hall–Kier alpha value is -3.28. The monoisotopic (exact) mass is 337 g/mol. The number of anilines is 1. The third-order valence-corrected chi connectivity index (χ3v) is 3.82. The van der Waals surface area contributed by atoms with Gasteiger partial charge in [-0.25, -0.2) is 4.79 Å². The van der Waals surface area contributed by atoms with Gasteiger partial charge >= 0.3 is 5.97 Å². The van der Waals surface area contributed by atoms with E-state index in [4.69, 9.17) is 10.5 Å². The summed E-state index contributed by atoms with van der Waals surface area (Å²) in [7, 11) is 0. The summed E-state index contributed by atoms with van der Waals surface area (Å²) >= 11 is 0. The lowest BCUT2D eigenvalue weighted by Gasteiger charge is -2.04. The number of benzene rings is 2. The summed E-state index contributed by atoms with van der Waals surface area (Å²) in [5.74, 6) is -0.358. The van der Waals surface area contributed by atoms with Crippen molar-refractivity contribution in [3.8, 4) is 5.88 Å². The summed E-state index contributed by atoms with van der Waals surface area (Å²) < 4.78 is 5.00. The fourth-order valence-corrected chi connectivity index (χ4v) is 2.73. The normalized spacial score (nSPS) is 11.7. The van der Waals surface area contributed by atoms with Gasteiger partial charge in [-0.3, -0.25) is 4.99 Å². The molecule has 128 valence electrons. The van der Waals surface area contributed by atoms with E-state index in [1.54, 1.807) is 50.2 Å². The summed E-state index contributed by atoms with van der Waals surface area (Å²) in [4.78, 5) is 19.3. The molecule has 0 fully saturated rings. The molecule has 0 amide bonds. The Balaban J connectivity index is 2.03. The number of aliphatic imine (C=N–C) groups is 1. The number of nitrogens with one attached hydrogen (secondary N) is 1. The third kappa shape index (κ3) is 3.33. The topological polar surface area (TPSA) is 101 Å². The summed E-state index contributed by atoms with van der Waals surface area (Å²) in [6.07, 6.45) is 0. The van der Waals surface area contributed by atoms with Crippen molar-refractivity contribution in [2.75, 3.05) is 12.3 Å². The molecule has 3 aromatic rings. The summed E-state index contributed by atoms with van der Waals surface area (Å²) in [6, 6.07) is 12.2. The second kappa shape index (κ2) is 6.68. The molecule has 0 aliphatic heterocycles. The zero-order valence-electron chi connectivity index (χ0n) is 14.0. The molecule has 0 saturated heterocycles. The van der Waals surface area contributed by atoms with Gasteiger partial charge in [-0.1, -0.05) is 6.07 Å². The Labute approximate surface area is 145 Å². The SMILES string of the molecule is CCOC(=O)c1cccc(N=C(C)c2c(O)[nH]c3ccc(N)cc23)c1. The Morgan fingerprint density at radius 2 is 2.08 bits per heavy atom. The molecule has 2 aromatic carbocycles. The molecule has 3 rings (SSSR count). The molecule has 1 aromatic heterocycles. The number of ether oxygens (including phenoxy) is 1. The summed E-state index contributed by atoms with van der Waals surface area (Å²) in [6.45, 7) is 3.87. The average molecular weight is 337 g/mol. The smallest absolute Gasteiger partial charge is 0.338 e. The van der Waals surface area contributed by atoms with Gasteiger partial charge in [0.1, 0.15) is 0 Å². The predicted octanol–water partition coefficient (Wildman–Crippen LogP) is 3.77. The van der Waals surface area contributed by atoms with Gasteiger partial charge in [-0.2, -0.15) is 0 Å². The van der Waals surface area contributed by atoms with Crippen molar-refractivity contribution in [2.45, 2.75) is 13.8 Å². The number of H-pyrrole nitrogens is 1. The van der Waals surface area contributed by atoms with E-state index in [1.165, 1.54) is 0 Å². The molecule has 0 aliphatic carbocycles. The van der Waals surface area contributed by atoms with Crippen LogP contribution in [0.4, 0.5) is 11.4 Å². The van der Waals surface area contributed by atoms with Crippen LogP contribution in [0.25, 0.3) is 10.9 Å². The zero-order chi connectivity index (χ0) is 18.0. The maximum Gasteiger partial charge on any atom is 0.338 e. The molecule has 6 heteroatoms. The fourth-order valence-electron chi connectivity index (χ4n) is 2.73. The molecule has 0 atom stereocenters. The van der Waals surface area contributed by atoms with Gasteiger partial charge in [0.15, 0.2) is 5.88 Å². The van der Waals surface area contributed by atoms with Gasteiger partial charge in [0.2, 0.25) is 0 Å². The van der Waals surface area contributed by atoms with E-state index in [-0.39, 0.29) is 11.8 Å². The van der Waals surface area contributed by atoms with Crippen LogP contribution in [0.2, 0.25) is 0 Å². The van der Waals surface area contributed by atoms with Gasteiger partial charge in [-0.15, -0.1) is 0 Å². The molecular weight excluding hydrogens is 318 g/mol. The highest BCUT2D eigenvalue weighted by Gasteiger charge is 2.14. The molecule has 0 aliphatic rings. The van der Waals surface area contributed by atoms with E-state index in [9.17, 15) is 9.90 Å². The number of aromatic nitrogens is 1. The highest BCUT2D eigenvalue weighted by Crippen LogP contribution is 2.30. The van der Waals surface area contributed by atoms with Crippen LogP contribution in [0.15, 0.2) is 47.5 Å². The largest absolute Gasteiger partial charge is 0.494 e. The highest BCUT2D eigenvalue weighted by molar-refractivity contribution is 6.13. The van der Waals surface area contributed by atoms with Crippen LogP contribution in [-0.2, 0) is 4.74 Å². The van der Waals surface area contributed by atoms with Crippen LogP contribution < -0.4 is 5.73 Å². The molecule has 0 radical (unpaired) electrons. The van der Waals surface area contributed by atoms with Crippen molar-refractivity contribution in [2.24, 2.45) is 4.99 Å². The second-order valence-electron chi connectivity index (χ2n) is 5.62. The van der Waals surface area contributed by atoms with Gasteiger partial charge in [0, 0.05) is 16.6 Å². The number of carbonyl (C=O) groups excluding carboxylic acids is 1. The van der Waals surface area contributed by atoms with Crippen LogP contribution in [0, 0.1) is 0 Å². The first-order chi connectivity index (χ1) is 12.0. The molecule has 0 saturated carbocycles. The number of aromatic amines is 1. The summed E-state index contributed by atoms with van der Waals surface area (Å²) in [5, 5.41) is 11.0. The van der Waals surface area contributed by atoms with E-state index in [2.05, 4.69) is 9.98 Å². The Kier molecular flexibility index (Phi) is 4.43. The van der Waals surface area contributed by atoms with E-state index in [0.717, 1.165) is 10.9 Å². The molecule has 1 heterocycles. The molecule has 0 unspecified atom stereocenters. The van der Waals surface area contributed by atoms with Crippen LogP contribution in [0.3, 0.4) is 0 Å². The van der Waals surface area contributed by atoms with Crippen molar-refractivity contribution in [1.29, 1.82) is 0 Å². The van der Waals surface area contributed by atoms with Crippen molar-refractivity contribution < 1.29 is 14.6 Å². The Morgan fingerprint density at radius 1 is 1.28 bits per heavy atom. The molecule has 0 spiro atoms. The number of nitrogen functional groups attached to an aromatic ring is 1. The standard InChI is InChI=1S/C19H19N3O3/c1-3-25-19(24)12-5-4-6-14(9-12)21-11(2)17-15-10-13(20)7-8-16(15)22-18(17)23/h4-10,22-23H,3,20H2,1-2H3. The first kappa shape index (κ1) is 16.6. The first-order valence-corrected chi connectivity index (χ1v) is 7.92. The molecular formula is C19H19N3O3. The van der Waals surface area contributed by atoms with E-state index in [1.807, 2.05) is 6.07 Å². The maximum atomic E-state index is 11.8. The third-order valence-electron chi connectivity index (χ3n) is 3.82. The minimum Gasteiger partial charge on any atom is -0.494 e. The number of nitrogens with zero attached hydrogens (tertiary/aromatic N) is 1. The van der Waals surface area contributed by atoms with Crippen molar-refractivity contribution in [1.82, 2.24) is 4.98 Å². The molecule has 0 bridgehead atoms. The van der Waals surface area contributed by atoms with Crippen LogP contribution in [0.5, 0.6) is 5.88 Å². The van der Waals surface area contributed by atoms with E-state index < -0.39 is 0 Å². The number of hydrogen-bond donors (Lipinski definition) is 3. The lowest BCUT2D eigenvalue weighted by atomic mass is 10.1. The number of aromatic hydroxyl groups is 1. The molecule has 4 N–H and O–H groups in total. The number of hydrogen-bond acceptors (Lipinski definition) is 5. The minimum absolute atomic E-state index is 0.0309. The van der Waals surface area contributed by atoms with Crippen LogP contribution in [0.1, 0.15) is 29.8 Å². The Bertz CT molecular complexity index is 973. The first-order valence-electron chi connectivity index (χ1n) is 7.92. The number of carbonyl (C=O) groups is 1. The lowest BCUT2D eigenvalue weighted by molar-refractivity contribution is 0.0526. The second-order valence-corrected chi connectivity index (χ2v) is 5.62. The van der Waals surface area contributed by atoms with E-state index in [0.29, 0.717) is 34.8 Å². The maximum absolute atomic E-state index is 11.8.